The van der Waals surface area contributed by atoms with Crippen molar-refractivity contribution in [1.29, 1.82) is 0 Å². The third-order valence-electron chi connectivity index (χ3n) is 2.65. The first-order chi connectivity index (χ1) is 7.22. The van der Waals surface area contributed by atoms with Crippen LogP contribution in [-0.4, -0.2) is 55.0 Å². The van der Waals surface area contributed by atoms with Gasteiger partial charge in [0.25, 0.3) is 0 Å². The van der Waals surface area contributed by atoms with Crippen molar-refractivity contribution < 1.29 is 18.3 Å². The fourth-order valence-electron chi connectivity index (χ4n) is 1.34. The van der Waals surface area contributed by atoms with Crippen molar-refractivity contribution in [1.82, 2.24) is 4.90 Å². The molecule has 0 radical (unpaired) electrons. The smallest absolute Gasteiger partial charge is 0.320 e. The summed E-state index contributed by atoms with van der Waals surface area (Å²) < 4.78 is 23.1. The van der Waals surface area contributed by atoms with E-state index in [1.807, 2.05) is 0 Å². The number of hydrogen-bond acceptors (Lipinski definition) is 4. The molecule has 0 amide bonds. The van der Waals surface area contributed by atoms with Crippen LogP contribution in [0.15, 0.2) is 0 Å². The lowest BCUT2D eigenvalue weighted by Crippen LogP contribution is -2.41. The molecule has 1 unspecified atom stereocenters. The maximum atomic E-state index is 11.5. The Morgan fingerprint density at radius 2 is 1.88 bits per heavy atom. The minimum atomic E-state index is -3.10. The van der Waals surface area contributed by atoms with Crippen LogP contribution in [0.3, 0.4) is 0 Å². The Bertz CT molecular complexity index is 324. The Balaban J connectivity index is 4.37. The number of sulfone groups is 1. The number of aliphatic carboxylic acids is 1. The predicted octanol–water partition coefficient (Wildman–Crippen LogP) is 0.605. The van der Waals surface area contributed by atoms with Crippen molar-refractivity contribution in [3.05, 3.63) is 0 Å². The number of carboxylic acid groups (broad SMARTS) is 1. The first-order valence-electron chi connectivity index (χ1n) is 5.37. The normalized spacial score (nSPS) is 14.4. The van der Waals surface area contributed by atoms with Gasteiger partial charge in [-0.05, 0) is 27.3 Å². The quantitative estimate of drug-likeness (QED) is 0.717. The topological polar surface area (TPSA) is 74.7 Å². The molecule has 1 atom stereocenters. The van der Waals surface area contributed by atoms with Crippen molar-refractivity contribution in [2.75, 3.05) is 19.3 Å². The first kappa shape index (κ1) is 15.4. The van der Waals surface area contributed by atoms with Crippen LogP contribution < -0.4 is 0 Å². The van der Waals surface area contributed by atoms with Gasteiger partial charge >= 0.3 is 5.97 Å². The maximum absolute atomic E-state index is 11.5. The van der Waals surface area contributed by atoms with Crippen LogP contribution in [0.4, 0.5) is 0 Å². The van der Waals surface area contributed by atoms with Gasteiger partial charge in [0, 0.05) is 6.54 Å². The molecular weight excluding hydrogens is 230 g/mol. The summed E-state index contributed by atoms with van der Waals surface area (Å²) in [6.45, 7) is 5.28. The van der Waals surface area contributed by atoms with Crippen molar-refractivity contribution >= 4 is 15.8 Å². The van der Waals surface area contributed by atoms with Crippen LogP contribution in [0.1, 0.15) is 27.2 Å². The number of hydrogen-bond donors (Lipinski definition) is 1. The number of carbonyl (C=O) groups is 1. The van der Waals surface area contributed by atoms with Gasteiger partial charge in [0.1, 0.15) is 6.04 Å². The zero-order valence-electron chi connectivity index (χ0n) is 10.3. The Labute approximate surface area is 97.4 Å². The molecule has 0 aromatic heterocycles. The summed E-state index contributed by atoms with van der Waals surface area (Å²) >= 11 is 0. The molecule has 0 rings (SSSR count). The van der Waals surface area contributed by atoms with Gasteiger partial charge < -0.3 is 5.11 Å². The Hall–Kier alpha value is -0.620. The van der Waals surface area contributed by atoms with Gasteiger partial charge in [0.05, 0.1) is 11.0 Å². The average molecular weight is 251 g/mol. The Kier molecular flexibility index (Phi) is 5.96. The van der Waals surface area contributed by atoms with Crippen LogP contribution in [-0.2, 0) is 14.6 Å². The van der Waals surface area contributed by atoms with Crippen LogP contribution >= 0.6 is 0 Å². The molecule has 0 heterocycles. The van der Waals surface area contributed by atoms with E-state index in [9.17, 15) is 13.2 Å². The molecular formula is C10H21NO4S. The maximum Gasteiger partial charge on any atom is 0.320 e. The summed E-state index contributed by atoms with van der Waals surface area (Å²) in [7, 11) is -1.46. The van der Waals surface area contributed by atoms with Gasteiger partial charge in [0.15, 0.2) is 9.84 Å². The molecule has 0 saturated carbocycles. The second-order valence-corrected chi connectivity index (χ2v) is 6.84. The molecule has 0 aromatic carbocycles. The van der Waals surface area contributed by atoms with Gasteiger partial charge in [-0.3, -0.25) is 9.69 Å². The summed E-state index contributed by atoms with van der Waals surface area (Å²) in [6, 6.07) is -0.609. The van der Waals surface area contributed by atoms with E-state index in [2.05, 4.69) is 0 Å². The zero-order chi connectivity index (χ0) is 12.9. The molecule has 0 fully saturated rings. The molecule has 0 bridgehead atoms. The number of nitrogens with zero attached hydrogens (tertiary/aromatic N) is 1. The first-order valence-corrected chi connectivity index (χ1v) is 7.08. The zero-order valence-corrected chi connectivity index (χ0v) is 11.1. The van der Waals surface area contributed by atoms with E-state index < -0.39 is 27.1 Å². The Morgan fingerprint density at radius 3 is 2.19 bits per heavy atom. The van der Waals surface area contributed by atoms with Gasteiger partial charge in [-0.1, -0.05) is 6.92 Å². The molecule has 0 saturated heterocycles. The van der Waals surface area contributed by atoms with E-state index in [0.29, 0.717) is 6.42 Å². The molecule has 16 heavy (non-hydrogen) atoms. The van der Waals surface area contributed by atoms with E-state index in [-0.39, 0.29) is 12.3 Å². The van der Waals surface area contributed by atoms with E-state index >= 15 is 0 Å². The summed E-state index contributed by atoms with van der Waals surface area (Å²) in [5.74, 6) is -0.905. The van der Waals surface area contributed by atoms with Gasteiger partial charge in [-0.15, -0.1) is 0 Å². The molecule has 6 heteroatoms. The molecule has 0 spiro atoms. The van der Waals surface area contributed by atoms with Crippen molar-refractivity contribution in [3.8, 4) is 0 Å². The average Bonchev–Trinajstić information content (AvgIpc) is 2.15. The Morgan fingerprint density at radius 1 is 1.38 bits per heavy atom. The van der Waals surface area contributed by atoms with Crippen LogP contribution in [0.2, 0.25) is 0 Å². The minimum absolute atomic E-state index is 0.00491. The van der Waals surface area contributed by atoms with E-state index in [1.54, 1.807) is 32.7 Å². The van der Waals surface area contributed by atoms with Gasteiger partial charge in [-0.25, -0.2) is 8.42 Å². The number of rotatable bonds is 7. The van der Waals surface area contributed by atoms with Gasteiger partial charge in [0.2, 0.25) is 0 Å². The lowest BCUT2D eigenvalue weighted by molar-refractivity contribution is -0.142. The summed E-state index contributed by atoms with van der Waals surface area (Å²) in [4.78, 5) is 12.4. The highest BCUT2D eigenvalue weighted by atomic mass is 32.2. The second-order valence-electron chi connectivity index (χ2n) is 4.16. The number of likely N-dealkylation sites (N-methyl/N-ethyl adjacent to an activating group) is 1. The standard InChI is InChI=1S/C10H21NO4S/c1-5-9(10(12)13)11(4)6-7-16(14,15)8(2)3/h8-9H,5-7H2,1-4H3,(H,12,13). The van der Waals surface area contributed by atoms with E-state index in [4.69, 9.17) is 5.11 Å². The lowest BCUT2D eigenvalue weighted by atomic mass is 10.2. The highest BCUT2D eigenvalue weighted by Crippen LogP contribution is 2.05. The SMILES string of the molecule is CCC(C(=O)O)N(C)CCS(=O)(=O)C(C)C. The minimum Gasteiger partial charge on any atom is -0.480 e. The fourth-order valence-corrected chi connectivity index (χ4v) is 2.35. The van der Waals surface area contributed by atoms with Crippen molar-refractivity contribution in [2.24, 2.45) is 0 Å². The molecule has 0 aromatic rings. The van der Waals surface area contributed by atoms with E-state index in [1.165, 1.54) is 0 Å². The van der Waals surface area contributed by atoms with E-state index in [0.717, 1.165) is 0 Å². The van der Waals surface area contributed by atoms with Crippen molar-refractivity contribution in [3.63, 3.8) is 0 Å². The molecule has 0 aliphatic heterocycles. The summed E-state index contributed by atoms with van der Waals surface area (Å²) in [6.07, 6.45) is 0.466. The monoisotopic (exact) mass is 251 g/mol. The van der Waals surface area contributed by atoms with Crippen LogP contribution in [0.25, 0.3) is 0 Å². The number of carboxylic acids is 1. The largest absolute Gasteiger partial charge is 0.480 e. The summed E-state index contributed by atoms with van der Waals surface area (Å²) in [5.41, 5.74) is 0. The molecule has 0 aliphatic rings. The molecule has 5 nitrogen and oxygen atoms in total. The lowest BCUT2D eigenvalue weighted by Gasteiger charge is -2.23. The molecule has 1 N–H and O–H groups in total. The highest BCUT2D eigenvalue weighted by Gasteiger charge is 2.23. The molecule has 0 aliphatic carbocycles. The third kappa shape index (κ3) is 4.49. The van der Waals surface area contributed by atoms with Crippen LogP contribution in [0.5, 0.6) is 0 Å². The predicted molar refractivity (Wildman–Crippen MR) is 63.3 cm³/mol. The molecule has 96 valence electrons. The van der Waals surface area contributed by atoms with Crippen LogP contribution in [0, 0.1) is 0 Å². The summed E-state index contributed by atoms with van der Waals surface area (Å²) in [5, 5.41) is 8.48. The van der Waals surface area contributed by atoms with Crippen molar-refractivity contribution in [2.45, 2.75) is 38.5 Å². The highest BCUT2D eigenvalue weighted by molar-refractivity contribution is 7.92. The second kappa shape index (κ2) is 6.20. The fraction of sp³-hybridized carbons (Fsp3) is 0.900. The third-order valence-corrected chi connectivity index (χ3v) is 4.84. The van der Waals surface area contributed by atoms with Gasteiger partial charge in [-0.2, -0.15) is 0 Å².